The number of allylic oxidation sites excluding steroid dienone is 4. The van der Waals surface area contributed by atoms with Gasteiger partial charge >= 0.3 is 11.9 Å². The first-order valence-electron chi connectivity index (χ1n) is 10.9. The molecule has 0 bridgehead atoms. The van der Waals surface area contributed by atoms with Crippen molar-refractivity contribution in [2.24, 2.45) is 28.6 Å². The minimum Gasteiger partial charge on any atom is -0.478 e. The number of ether oxygens (including phenoxy) is 1. The molecule has 3 fully saturated rings. The zero-order chi connectivity index (χ0) is 24.7. The molecule has 4 rings (SSSR count). The standard InChI is InChI=1S/C23H26Cl2F2O6/c1-10-6-12-13-8-15(26)14-7-11(28)4-5-20(14,2)22(13,27)16(29)9-21(12,3)23(10,19(31)32)33-18(30)17(24)25/h4-5,7,10,12-13,15-17,29H,6,8-9H2,1-3H3,(H,31,32)/t10-,12+,13+,15+,16+,20+,21+,22+,23-/m1/s1. The van der Waals surface area contributed by atoms with Gasteiger partial charge in [-0.15, -0.1) is 0 Å². The molecule has 0 radical (unpaired) electrons. The molecule has 182 valence electrons. The van der Waals surface area contributed by atoms with Crippen LogP contribution in [0.3, 0.4) is 0 Å². The van der Waals surface area contributed by atoms with E-state index < -0.39 is 74.7 Å². The fraction of sp³-hybridized carbons (Fsp3) is 0.696. The van der Waals surface area contributed by atoms with Crippen LogP contribution in [0.4, 0.5) is 8.78 Å². The average Bonchev–Trinajstić information content (AvgIpc) is 2.93. The summed E-state index contributed by atoms with van der Waals surface area (Å²) < 4.78 is 37.9. The number of aliphatic carboxylic acids is 1. The summed E-state index contributed by atoms with van der Waals surface area (Å²) in [5.74, 6) is -5.68. The van der Waals surface area contributed by atoms with Gasteiger partial charge < -0.3 is 14.9 Å². The maximum absolute atomic E-state index is 17.1. The van der Waals surface area contributed by atoms with E-state index >= 15 is 8.78 Å². The second-order valence-electron chi connectivity index (χ2n) is 10.3. The van der Waals surface area contributed by atoms with Crippen molar-refractivity contribution in [2.45, 2.75) is 68.4 Å². The van der Waals surface area contributed by atoms with Crippen molar-refractivity contribution in [3.8, 4) is 0 Å². The Bertz CT molecular complexity index is 984. The zero-order valence-corrected chi connectivity index (χ0v) is 19.9. The maximum atomic E-state index is 17.1. The van der Waals surface area contributed by atoms with E-state index in [0.717, 1.165) is 6.08 Å². The molecule has 33 heavy (non-hydrogen) atoms. The normalized spacial score (nSPS) is 48.6. The summed E-state index contributed by atoms with van der Waals surface area (Å²) in [6.07, 6.45) is -0.367. The third kappa shape index (κ3) is 2.89. The second-order valence-corrected chi connectivity index (χ2v) is 11.4. The number of halogens is 4. The molecule has 0 amide bonds. The molecule has 3 saturated carbocycles. The first kappa shape index (κ1) is 24.6. The van der Waals surface area contributed by atoms with Crippen molar-refractivity contribution in [3.05, 3.63) is 23.8 Å². The number of alkyl halides is 4. The van der Waals surface area contributed by atoms with E-state index in [4.69, 9.17) is 27.9 Å². The summed E-state index contributed by atoms with van der Waals surface area (Å²) in [6.45, 7) is 4.56. The Morgan fingerprint density at radius 2 is 1.88 bits per heavy atom. The molecule has 0 saturated heterocycles. The van der Waals surface area contributed by atoms with Crippen LogP contribution in [0.2, 0.25) is 0 Å². The van der Waals surface area contributed by atoms with Crippen molar-refractivity contribution in [1.82, 2.24) is 0 Å². The molecule has 10 heteroatoms. The van der Waals surface area contributed by atoms with Gasteiger partial charge in [0.2, 0.25) is 10.4 Å². The summed E-state index contributed by atoms with van der Waals surface area (Å²) in [5, 5.41) is 21.5. The van der Waals surface area contributed by atoms with E-state index in [-0.39, 0.29) is 24.8 Å². The van der Waals surface area contributed by atoms with Gasteiger partial charge in [0.05, 0.1) is 6.10 Å². The summed E-state index contributed by atoms with van der Waals surface area (Å²) in [4.78, 5) is 35.2. The highest BCUT2D eigenvalue weighted by molar-refractivity contribution is 6.53. The van der Waals surface area contributed by atoms with Gasteiger partial charge in [0.15, 0.2) is 11.5 Å². The van der Waals surface area contributed by atoms with Gasteiger partial charge in [0.1, 0.15) is 6.17 Å². The lowest BCUT2D eigenvalue weighted by molar-refractivity contribution is -0.236. The third-order valence-electron chi connectivity index (χ3n) is 8.93. The predicted octanol–water partition coefficient (Wildman–Crippen LogP) is 3.72. The number of aliphatic hydroxyl groups excluding tert-OH is 1. The molecular formula is C23H26Cl2F2O6. The fourth-order valence-corrected chi connectivity index (χ4v) is 7.53. The Balaban J connectivity index is 1.87. The van der Waals surface area contributed by atoms with E-state index in [0.29, 0.717) is 0 Å². The number of fused-ring (bicyclic) bond motifs is 5. The van der Waals surface area contributed by atoms with Gasteiger partial charge in [0.25, 0.3) is 0 Å². The Labute approximate surface area is 199 Å². The number of carboxylic acids is 1. The second kappa shape index (κ2) is 7.49. The van der Waals surface area contributed by atoms with E-state index in [9.17, 15) is 24.6 Å². The summed E-state index contributed by atoms with van der Waals surface area (Å²) >= 11 is 11.3. The van der Waals surface area contributed by atoms with Crippen molar-refractivity contribution < 1.29 is 38.1 Å². The van der Waals surface area contributed by atoms with Crippen molar-refractivity contribution in [2.75, 3.05) is 0 Å². The van der Waals surface area contributed by atoms with Crippen LogP contribution < -0.4 is 0 Å². The molecule has 2 N–H and O–H groups in total. The van der Waals surface area contributed by atoms with Crippen LogP contribution in [0.15, 0.2) is 23.8 Å². The van der Waals surface area contributed by atoms with Crippen LogP contribution in [0.1, 0.15) is 40.0 Å². The molecule has 9 atom stereocenters. The topological polar surface area (TPSA) is 101 Å². The van der Waals surface area contributed by atoms with Crippen LogP contribution in [0.5, 0.6) is 0 Å². The Morgan fingerprint density at radius 3 is 2.45 bits per heavy atom. The highest BCUT2D eigenvalue weighted by Crippen LogP contribution is 2.71. The quantitative estimate of drug-likeness (QED) is 0.446. The van der Waals surface area contributed by atoms with Gasteiger partial charge in [0, 0.05) is 22.7 Å². The molecule has 4 aliphatic rings. The van der Waals surface area contributed by atoms with Gasteiger partial charge in [-0.1, -0.05) is 43.1 Å². The average molecular weight is 507 g/mol. The summed E-state index contributed by atoms with van der Waals surface area (Å²) in [6, 6.07) is 0. The molecule has 0 unspecified atom stereocenters. The van der Waals surface area contributed by atoms with Crippen molar-refractivity contribution in [3.63, 3.8) is 0 Å². The number of ketones is 1. The highest BCUT2D eigenvalue weighted by Gasteiger charge is 2.78. The molecule has 0 heterocycles. The molecule has 4 aliphatic carbocycles. The fourth-order valence-electron chi connectivity index (χ4n) is 7.44. The van der Waals surface area contributed by atoms with Crippen LogP contribution >= 0.6 is 23.2 Å². The lowest BCUT2D eigenvalue weighted by Crippen LogP contribution is -2.71. The van der Waals surface area contributed by atoms with Crippen LogP contribution in [0.25, 0.3) is 0 Å². The molecule has 0 aromatic rings. The minimum absolute atomic E-state index is 0.0227. The lowest BCUT2D eigenvalue weighted by atomic mass is 9.44. The Hall–Kier alpha value is -1.51. The van der Waals surface area contributed by atoms with Crippen LogP contribution in [-0.4, -0.2) is 56.3 Å². The number of aliphatic hydroxyl groups is 1. The molecule has 6 nitrogen and oxygen atoms in total. The predicted molar refractivity (Wildman–Crippen MR) is 115 cm³/mol. The lowest BCUT2D eigenvalue weighted by Gasteiger charge is -2.62. The zero-order valence-electron chi connectivity index (χ0n) is 18.4. The number of carboxylic acid groups (broad SMARTS) is 1. The minimum atomic E-state index is -2.36. The number of carbonyl (C=O) groups excluding carboxylic acids is 2. The van der Waals surface area contributed by atoms with E-state index in [1.807, 2.05) is 0 Å². The van der Waals surface area contributed by atoms with Gasteiger partial charge in [-0.25, -0.2) is 18.4 Å². The van der Waals surface area contributed by atoms with E-state index in [2.05, 4.69) is 0 Å². The van der Waals surface area contributed by atoms with E-state index in [1.54, 1.807) is 6.92 Å². The molecule has 0 aliphatic heterocycles. The van der Waals surface area contributed by atoms with Crippen molar-refractivity contribution in [1.29, 1.82) is 0 Å². The molecule has 0 aromatic carbocycles. The largest absolute Gasteiger partial charge is 0.478 e. The smallest absolute Gasteiger partial charge is 0.349 e. The number of carbonyl (C=O) groups is 3. The Kier molecular flexibility index (Phi) is 5.59. The highest BCUT2D eigenvalue weighted by atomic mass is 35.5. The third-order valence-corrected chi connectivity index (χ3v) is 9.28. The van der Waals surface area contributed by atoms with Gasteiger partial charge in [-0.05, 0) is 49.8 Å². The van der Waals surface area contributed by atoms with Gasteiger partial charge in [-0.2, -0.15) is 0 Å². The first-order chi connectivity index (χ1) is 15.2. The van der Waals surface area contributed by atoms with Gasteiger partial charge in [-0.3, -0.25) is 4.79 Å². The number of hydrogen-bond donors (Lipinski definition) is 2. The number of hydrogen-bond acceptors (Lipinski definition) is 5. The van der Waals surface area contributed by atoms with E-state index in [1.165, 1.54) is 26.0 Å². The molecule has 0 aromatic heterocycles. The first-order valence-corrected chi connectivity index (χ1v) is 11.7. The van der Waals surface area contributed by atoms with Crippen molar-refractivity contribution >= 4 is 40.9 Å². The SMILES string of the molecule is C[C@@H]1C[C@H]2[C@@H]3C[C@H](F)C4=CC(=O)C=C[C@]4(C)[C@@]3(F)[C@@H](O)C[C@]2(C)[C@]1(OC(=O)C(Cl)Cl)C(=O)O. The Morgan fingerprint density at radius 1 is 1.24 bits per heavy atom. The van der Waals surface area contributed by atoms with Crippen LogP contribution in [0, 0.1) is 28.6 Å². The molecule has 0 spiro atoms. The summed E-state index contributed by atoms with van der Waals surface area (Å²) in [5.41, 5.74) is -7.54. The maximum Gasteiger partial charge on any atom is 0.349 e. The van der Waals surface area contributed by atoms with Crippen LogP contribution in [-0.2, 0) is 19.1 Å². The summed E-state index contributed by atoms with van der Waals surface area (Å²) in [7, 11) is 0. The molecular weight excluding hydrogens is 481 g/mol. The number of rotatable bonds is 3. The monoisotopic (exact) mass is 506 g/mol. The number of esters is 1.